The first-order valence-corrected chi connectivity index (χ1v) is 6.06. The molecular formula is C13H17FN2. The highest BCUT2D eigenvalue weighted by Gasteiger charge is 2.33. The molecule has 3 rings (SSSR count). The van der Waals surface area contributed by atoms with E-state index in [2.05, 4.69) is 10.2 Å². The topological polar surface area (TPSA) is 15.3 Å². The predicted octanol–water partition coefficient (Wildman–Crippen LogP) is 2.33. The molecule has 1 N–H and O–H groups in total. The van der Waals surface area contributed by atoms with E-state index in [-0.39, 0.29) is 5.82 Å². The van der Waals surface area contributed by atoms with Crippen LogP contribution in [0.15, 0.2) is 24.3 Å². The van der Waals surface area contributed by atoms with Gasteiger partial charge in [-0.25, -0.2) is 4.39 Å². The molecule has 2 bridgehead atoms. The summed E-state index contributed by atoms with van der Waals surface area (Å²) in [5.74, 6) is 0.611. The van der Waals surface area contributed by atoms with E-state index >= 15 is 0 Å². The lowest BCUT2D eigenvalue weighted by molar-refractivity contribution is 0.255. The van der Waals surface area contributed by atoms with Gasteiger partial charge in [0.2, 0.25) is 0 Å². The quantitative estimate of drug-likeness (QED) is 0.823. The molecule has 2 nitrogen and oxygen atoms in total. The fourth-order valence-electron chi connectivity index (χ4n) is 2.90. The summed E-state index contributed by atoms with van der Waals surface area (Å²) in [5, 5.41) is 3.54. The van der Waals surface area contributed by atoms with Gasteiger partial charge in [0.05, 0.1) is 0 Å². The molecule has 2 fully saturated rings. The number of hydrogen-bond acceptors (Lipinski definition) is 2. The zero-order valence-corrected chi connectivity index (χ0v) is 9.32. The predicted molar refractivity (Wildman–Crippen MR) is 63.0 cm³/mol. The molecule has 0 saturated carbocycles. The number of nitrogens with zero attached hydrogens (tertiary/aromatic N) is 1. The number of piperidine rings is 1. The van der Waals surface area contributed by atoms with Gasteiger partial charge < -0.3 is 10.2 Å². The fraction of sp³-hybridized carbons (Fsp3) is 0.538. The van der Waals surface area contributed by atoms with Crippen LogP contribution in [0.4, 0.5) is 10.1 Å². The minimum absolute atomic E-state index is 0.166. The van der Waals surface area contributed by atoms with Crippen LogP contribution in [0.5, 0.6) is 0 Å². The van der Waals surface area contributed by atoms with Crippen LogP contribution in [0.1, 0.15) is 12.8 Å². The van der Waals surface area contributed by atoms with E-state index in [0.717, 1.165) is 11.6 Å². The van der Waals surface area contributed by atoms with Gasteiger partial charge in [-0.1, -0.05) is 0 Å². The van der Waals surface area contributed by atoms with Crippen LogP contribution in [0.3, 0.4) is 0 Å². The Kier molecular flexibility index (Phi) is 2.56. The van der Waals surface area contributed by atoms with Gasteiger partial charge >= 0.3 is 0 Å². The third-order valence-electron chi connectivity index (χ3n) is 3.83. The summed E-state index contributed by atoms with van der Waals surface area (Å²) in [6, 6.07) is 7.27. The lowest BCUT2D eigenvalue weighted by atomic mass is 9.94. The first kappa shape index (κ1) is 10.1. The monoisotopic (exact) mass is 220 g/mol. The van der Waals surface area contributed by atoms with Gasteiger partial charge in [0.15, 0.2) is 0 Å². The summed E-state index contributed by atoms with van der Waals surface area (Å²) >= 11 is 0. The maximum absolute atomic E-state index is 12.8. The molecule has 0 aromatic heterocycles. The van der Waals surface area contributed by atoms with Crippen LogP contribution >= 0.6 is 0 Å². The SMILES string of the molecule is Fc1ccc(NC2CCN3CCC2C3)cc1. The van der Waals surface area contributed by atoms with E-state index in [1.165, 1.54) is 44.6 Å². The summed E-state index contributed by atoms with van der Waals surface area (Å²) in [4.78, 5) is 2.54. The molecule has 2 aliphatic rings. The molecule has 0 amide bonds. The molecule has 2 heterocycles. The molecule has 16 heavy (non-hydrogen) atoms. The van der Waals surface area contributed by atoms with Crippen LogP contribution < -0.4 is 5.32 Å². The smallest absolute Gasteiger partial charge is 0.123 e. The van der Waals surface area contributed by atoms with Gasteiger partial charge in [0.25, 0.3) is 0 Å². The number of benzene rings is 1. The minimum Gasteiger partial charge on any atom is -0.382 e. The third kappa shape index (κ3) is 1.92. The molecule has 2 saturated heterocycles. The van der Waals surface area contributed by atoms with Crippen LogP contribution in [-0.4, -0.2) is 30.6 Å². The van der Waals surface area contributed by atoms with Gasteiger partial charge in [-0.05, 0) is 49.6 Å². The van der Waals surface area contributed by atoms with Gasteiger partial charge in [0.1, 0.15) is 5.82 Å². The van der Waals surface area contributed by atoms with Crippen LogP contribution in [-0.2, 0) is 0 Å². The van der Waals surface area contributed by atoms with Crippen LogP contribution in [0.2, 0.25) is 0 Å². The van der Waals surface area contributed by atoms with Crippen molar-refractivity contribution >= 4 is 5.69 Å². The second-order valence-corrected chi connectivity index (χ2v) is 4.90. The number of fused-ring (bicyclic) bond motifs is 2. The second kappa shape index (κ2) is 4.06. The molecule has 3 atom stereocenters. The summed E-state index contributed by atoms with van der Waals surface area (Å²) in [6.07, 6.45) is 2.51. The summed E-state index contributed by atoms with van der Waals surface area (Å²) in [6.45, 7) is 3.69. The van der Waals surface area contributed by atoms with E-state index in [9.17, 15) is 4.39 Å². The Hall–Kier alpha value is -1.09. The Labute approximate surface area is 95.4 Å². The van der Waals surface area contributed by atoms with Crippen molar-refractivity contribution in [2.24, 2.45) is 5.92 Å². The molecule has 1 aromatic carbocycles. The van der Waals surface area contributed by atoms with E-state index in [1.54, 1.807) is 0 Å². The Morgan fingerprint density at radius 1 is 1.12 bits per heavy atom. The zero-order chi connectivity index (χ0) is 11.0. The van der Waals surface area contributed by atoms with E-state index in [0.29, 0.717) is 6.04 Å². The Morgan fingerprint density at radius 2 is 1.88 bits per heavy atom. The number of rotatable bonds is 2. The van der Waals surface area contributed by atoms with E-state index in [4.69, 9.17) is 0 Å². The van der Waals surface area contributed by atoms with E-state index < -0.39 is 0 Å². The van der Waals surface area contributed by atoms with Crippen molar-refractivity contribution in [3.05, 3.63) is 30.1 Å². The molecule has 86 valence electrons. The molecule has 1 aromatic rings. The van der Waals surface area contributed by atoms with Crippen molar-refractivity contribution < 1.29 is 4.39 Å². The Balaban J connectivity index is 1.68. The lowest BCUT2D eigenvalue weighted by Crippen LogP contribution is -2.39. The maximum atomic E-state index is 12.8. The number of anilines is 1. The average Bonchev–Trinajstić information content (AvgIpc) is 2.69. The lowest BCUT2D eigenvalue weighted by Gasteiger charge is -2.31. The molecule has 0 spiro atoms. The Bertz CT molecular complexity index is 363. The minimum atomic E-state index is -0.166. The molecule has 0 aliphatic carbocycles. The normalized spacial score (nSPS) is 32.7. The van der Waals surface area contributed by atoms with Crippen molar-refractivity contribution in [1.29, 1.82) is 0 Å². The molecule has 3 unspecified atom stereocenters. The summed E-state index contributed by atoms with van der Waals surface area (Å²) < 4.78 is 12.8. The zero-order valence-electron chi connectivity index (χ0n) is 9.32. The highest BCUT2D eigenvalue weighted by Crippen LogP contribution is 2.29. The first-order chi connectivity index (χ1) is 7.81. The molecule has 0 radical (unpaired) electrons. The standard InChI is InChI=1S/C13H17FN2/c14-11-1-3-12(4-2-11)15-13-6-8-16-7-5-10(13)9-16/h1-4,10,13,15H,5-9H2. The fourth-order valence-corrected chi connectivity index (χ4v) is 2.90. The van der Waals surface area contributed by atoms with Gasteiger partial charge in [-0.2, -0.15) is 0 Å². The number of hydrogen-bond donors (Lipinski definition) is 1. The van der Waals surface area contributed by atoms with Crippen molar-refractivity contribution in [2.45, 2.75) is 18.9 Å². The van der Waals surface area contributed by atoms with E-state index in [1.807, 2.05) is 12.1 Å². The van der Waals surface area contributed by atoms with Crippen LogP contribution in [0, 0.1) is 11.7 Å². The maximum Gasteiger partial charge on any atom is 0.123 e. The first-order valence-electron chi connectivity index (χ1n) is 6.06. The van der Waals surface area contributed by atoms with Gasteiger partial charge in [0, 0.05) is 24.8 Å². The molecule has 2 aliphatic heterocycles. The highest BCUT2D eigenvalue weighted by molar-refractivity contribution is 5.44. The number of halogens is 1. The van der Waals surface area contributed by atoms with Crippen molar-refractivity contribution in [3.63, 3.8) is 0 Å². The summed E-state index contributed by atoms with van der Waals surface area (Å²) in [7, 11) is 0. The Morgan fingerprint density at radius 3 is 2.69 bits per heavy atom. The number of nitrogens with one attached hydrogen (secondary N) is 1. The second-order valence-electron chi connectivity index (χ2n) is 4.90. The van der Waals surface area contributed by atoms with Gasteiger partial charge in [-0.15, -0.1) is 0 Å². The molecular weight excluding hydrogens is 203 g/mol. The molecule has 3 heteroatoms. The van der Waals surface area contributed by atoms with Crippen LogP contribution in [0.25, 0.3) is 0 Å². The van der Waals surface area contributed by atoms with Crippen molar-refractivity contribution in [1.82, 2.24) is 4.90 Å². The van der Waals surface area contributed by atoms with Crippen molar-refractivity contribution in [3.8, 4) is 0 Å². The average molecular weight is 220 g/mol. The third-order valence-corrected chi connectivity index (χ3v) is 3.83. The van der Waals surface area contributed by atoms with Crippen molar-refractivity contribution in [2.75, 3.05) is 25.0 Å². The van der Waals surface area contributed by atoms with Gasteiger partial charge in [-0.3, -0.25) is 0 Å². The largest absolute Gasteiger partial charge is 0.382 e. The highest BCUT2D eigenvalue weighted by atomic mass is 19.1. The summed E-state index contributed by atoms with van der Waals surface area (Å²) in [5.41, 5.74) is 1.05.